The molecule has 3 aliphatic rings. The zero-order chi connectivity index (χ0) is 58.8. The average Bonchev–Trinajstić information content (AvgIpc) is 4.45. The van der Waals surface area contributed by atoms with Crippen LogP contribution >= 0.6 is 11.3 Å². The van der Waals surface area contributed by atoms with Gasteiger partial charge >= 0.3 is 6.03 Å². The number of urea groups is 1. The molecule has 3 fully saturated rings. The van der Waals surface area contributed by atoms with Gasteiger partial charge in [-0.1, -0.05) is 81.8 Å². The van der Waals surface area contributed by atoms with E-state index in [0.717, 1.165) is 32.9 Å². The van der Waals surface area contributed by atoms with Crippen LogP contribution in [-0.4, -0.2) is 165 Å². The molecule has 83 heavy (non-hydrogen) atoms. The zero-order valence-electron chi connectivity index (χ0n) is 48.1. The maximum Gasteiger partial charge on any atom is 0.320 e. The lowest BCUT2D eigenvalue weighted by Crippen LogP contribution is -2.57. The van der Waals surface area contributed by atoms with Crippen molar-refractivity contribution in [3.05, 3.63) is 125 Å². The molecule has 5 N–H and O–H groups in total. The summed E-state index contributed by atoms with van der Waals surface area (Å²) in [6.45, 7) is 14.2. The van der Waals surface area contributed by atoms with E-state index in [0.29, 0.717) is 107 Å². The number of aliphatic hydroxyl groups is 1. The van der Waals surface area contributed by atoms with Crippen molar-refractivity contribution in [1.29, 1.82) is 0 Å². The lowest BCUT2D eigenvalue weighted by molar-refractivity contribution is -0.144. The van der Waals surface area contributed by atoms with E-state index in [1.165, 1.54) is 17.0 Å². The smallest absolute Gasteiger partial charge is 0.320 e. The van der Waals surface area contributed by atoms with Gasteiger partial charge < -0.3 is 40.5 Å². The number of methoxy groups -OCH3 is 1. The zero-order valence-corrected chi connectivity index (χ0v) is 49.0. The van der Waals surface area contributed by atoms with Crippen LogP contribution in [0.25, 0.3) is 27.4 Å². The van der Waals surface area contributed by atoms with Gasteiger partial charge in [-0.3, -0.25) is 29.4 Å². The highest BCUT2D eigenvalue weighted by Gasteiger charge is 2.44. The number of nitrogens with one attached hydrogen (secondary N) is 4. The largest absolute Gasteiger partial charge is 0.391 e. The first-order valence-electron chi connectivity index (χ1n) is 28.5. The summed E-state index contributed by atoms with van der Waals surface area (Å²) in [5.74, 6) is -0.502. The van der Waals surface area contributed by atoms with E-state index in [1.807, 2.05) is 111 Å². The normalized spacial score (nSPS) is 18.7. The van der Waals surface area contributed by atoms with E-state index in [1.54, 1.807) is 41.6 Å². The second-order valence-corrected chi connectivity index (χ2v) is 23.7. The Bertz CT molecular complexity index is 3200. The predicted molar refractivity (Wildman–Crippen MR) is 316 cm³/mol. The van der Waals surface area contributed by atoms with E-state index < -0.39 is 35.5 Å². The first-order valence-corrected chi connectivity index (χ1v) is 29.4. The van der Waals surface area contributed by atoms with Gasteiger partial charge in [-0.2, -0.15) is 5.10 Å². The van der Waals surface area contributed by atoms with Gasteiger partial charge in [0, 0.05) is 115 Å². The number of anilines is 2. The molecule has 6 amide bonds. The van der Waals surface area contributed by atoms with Gasteiger partial charge in [-0.05, 0) is 73.1 Å². The summed E-state index contributed by atoms with van der Waals surface area (Å²) >= 11 is 1.57. The van der Waals surface area contributed by atoms with Gasteiger partial charge in [0.2, 0.25) is 29.6 Å². The molecule has 22 heteroatoms. The standard InChI is InChI=1S/C61H76FN13O7S/c1-39-53(70-75(46-16-9-7-10-17-46)56(39)69-60(81)67-49-37-71(28-29-82-6)36-48(49)43-14-13-15-45(62)30-43)44-33-64-59(65-34-44)73-26-24-72(25-27-73)52(78)19-12-8-11-18-51(77)68-55(61(3,4)5)58(80)74-35-47(76)31-50(74)57(79)63-32-41-20-22-42(23-21-41)54-40(2)66-38-83-54/h7,9-10,13-17,20-23,30,33-34,38,47-50,55,76H,8,11-12,18-19,24-29,31-32,35-37H2,1-6H3,(H,63,79)(H,68,77)(H2,67,69,81)/t47-,48+,49-,50+,55-/m1/s1. The average molecular weight is 1150 g/mol. The Morgan fingerprint density at radius 2 is 1.59 bits per heavy atom. The number of β-amino-alcohol motifs (C(OH)–C–C–N with tert-alkyl or cyclic N) is 1. The topological polar surface area (TPSA) is 232 Å². The van der Waals surface area contributed by atoms with Crippen molar-refractivity contribution in [2.24, 2.45) is 5.41 Å². The van der Waals surface area contributed by atoms with Gasteiger partial charge in [-0.15, -0.1) is 11.3 Å². The third kappa shape index (κ3) is 14.9. The number of halogens is 1. The van der Waals surface area contributed by atoms with Gasteiger partial charge in [0.1, 0.15) is 29.4 Å². The molecule has 0 aliphatic carbocycles. The lowest BCUT2D eigenvalue weighted by Gasteiger charge is -2.35. The summed E-state index contributed by atoms with van der Waals surface area (Å²) in [4.78, 5) is 90.7. The number of hydrogen-bond acceptors (Lipinski definition) is 14. The molecule has 9 rings (SSSR count). The van der Waals surface area contributed by atoms with Crippen LogP contribution in [0.2, 0.25) is 0 Å². The second kappa shape index (κ2) is 27.2. The van der Waals surface area contributed by atoms with Crippen LogP contribution < -0.4 is 26.2 Å². The van der Waals surface area contributed by atoms with Crippen molar-refractivity contribution < 1.29 is 38.2 Å². The summed E-state index contributed by atoms with van der Waals surface area (Å²) in [7, 11) is 1.65. The monoisotopic (exact) mass is 1150 g/mol. The molecule has 6 heterocycles. The summed E-state index contributed by atoms with van der Waals surface area (Å²) < 4.78 is 21.4. The number of aliphatic hydroxyl groups excluding tert-OH is 1. The third-order valence-corrected chi connectivity index (χ3v) is 16.8. The number of carbonyl (C=O) groups is 5. The van der Waals surface area contributed by atoms with Crippen molar-refractivity contribution >= 4 is 52.8 Å². The molecule has 440 valence electrons. The number of hydrogen-bond donors (Lipinski definition) is 5. The summed E-state index contributed by atoms with van der Waals surface area (Å²) in [5.41, 5.74) is 7.53. The Hall–Kier alpha value is -7.66. The minimum Gasteiger partial charge on any atom is -0.391 e. The van der Waals surface area contributed by atoms with Crippen molar-refractivity contribution in [2.75, 3.05) is 76.3 Å². The van der Waals surface area contributed by atoms with Gasteiger partial charge in [-0.25, -0.2) is 28.8 Å². The van der Waals surface area contributed by atoms with Crippen LogP contribution in [0.3, 0.4) is 0 Å². The van der Waals surface area contributed by atoms with Crippen LogP contribution in [0.5, 0.6) is 0 Å². The number of aryl methyl sites for hydroxylation is 1. The van der Waals surface area contributed by atoms with Crippen molar-refractivity contribution in [3.63, 3.8) is 0 Å². The number of amides is 6. The number of rotatable bonds is 21. The van der Waals surface area contributed by atoms with Gasteiger partial charge in [0.05, 0.1) is 40.5 Å². The van der Waals surface area contributed by atoms with E-state index in [2.05, 4.69) is 31.2 Å². The molecule has 6 aromatic rings. The molecule has 0 unspecified atom stereocenters. The van der Waals surface area contributed by atoms with E-state index in [9.17, 15) is 33.5 Å². The van der Waals surface area contributed by atoms with Crippen molar-refractivity contribution in [1.82, 2.24) is 55.4 Å². The highest BCUT2D eigenvalue weighted by Crippen LogP contribution is 2.33. The number of para-hydroxylation sites is 1. The highest BCUT2D eigenvalue weighted by atomic mass is 32.1. The number of benzene rings is 3. The number of nitrogens with zero attached hydrogens (tertiary/aromatic N) is 9. The number of likely N-dealkylation sites (tertiary alicyclic amines) is 2. The molecular formula is C61H76FN13O7S. The van der Waals surface area contributed by atoms with E-state index in [-0.39, 0.29) is 61.4 Å². The summed E-state index contributed by atoms with van der Waals surface area (Å²) in [5, 5.41) is 27.7. The fraction of sp³-hybridized carbons (Fsp3) is 0.459. The van der Waals surface area contributed by atoms with Gasteiger partial charge in [0.15, 0.2) is 0 Å². The van der Waals surface area contributed by atoms with Crippen LogP contribution in [0, 0.1) is 25.1 Å². The van der Waals surface area contributed by atoms with Crippen LogP contribution in [-0.2, 0) is 30.5 Å². The Morgan fingerprint density at radius 1 is 0.855 bits per heavy atom. The SMILES string of the molecule is COCCN1C[C@@H](NC(=O)Nc2c(C)c(-c3cnc(N4CCN(C(=O)CCCCCC(=O)N[C@H](C(=O)N5C[C@H](O)C[C@H]5C(=O)NCc5ccc(-c6scnc6C)cc5)C(C)(C)C)CC4)nc3)nn2-c2ccccc2)[C@H](c2cccc(F)c2)C1. The number of aromatic nitrogens is 5. The van der Waals surface area contributed by atoms with Gasteiger partial charge in [0.25, 0.3) is 0 Å². The number of carbonyl (C=O) groups excluding carboxylic acids is 5. The molecule has 3 aromatic heterocycles. The number of thiazole rings is 1. The molecule has 0 saturated carbocycles. The molecule has 0 radical (unpaired) electrons. The molecule has 3 saturated heterocycles. The van der Waals surface area contributed by atoms with E-state index in [4.69, 9.17) is 19.8 Å². The first-order chi connectivity index (χ1) is 39.9. The molecular weight excluding hydrogens is 1080 g/mol. The third-order valence-electron chi connectivity index (χ3n) is 15.8. The Balaban J connectivity index is 0.726. The summed E-state index contributed by atoms with van der Waals surface area (Å²) in [6, 6.07) is 21.4. The Morgan fingerprint density at radius 3 is 2.28 bits per heavy atom. The molecule has 3 aromatic carbocycles. The minimum atomic E-state index is -0.930. The van der Waals surface area contributed by atoms with E-state index >= 15 is 0 Å². The van der Waals surface area contributed by atoms with Crippen molar-refractivity contribution in [3.8, 4) is 27.4 Å². The molecule has 0 spiro atoms. The molecule has 0 bridgehead atoms. The molecule has 5 atom stereocenters. The molecule has 20 nitrogen and oxygen atoms in total. The molecule has 3 aliphatic heterocycles. The highest BCUT2D eigenvalue weighted by molar-refractivity contribution is 7.13. The summed E-state index contributed by atoms with van der Waals surface area (Å²) in [6.07, 6.45) is 4.93. The predicted octanol–water partition coefficient (Wildman–Crippen LogP) is 6.85. The maximum atomic E-state index is 14.4. The Kier molecular flexibility index (Phi) is 19.6. The van der Waals surface area contributed by atoms with Crippen molar-refractivity contribution in [2.45, 2.75) is 110 Å². The lowest BCUT2D eigenvalue weighted by atomic mass is 9.85. The number of piperazine rings is 1. The Labute approximate surface area is 488 Å². The minimum absolute atomic E-state index is 0.0130. The van der Waals surface area contributed by atoms with Crippen LogP contribution in [0.15, 0.2) is 96.8 Å². The second-order valence-electron chi connectivity index (χ2n) is 22.8. The maximum absolute atomic E-state index is 14.4. The van der Waals surface area contributed by atoms with Crippen LogP contribution in [0.1, 0.15) is 87.6 Å². The number of unbranched alkanes of at least 4 members (excludes halogenated alkanes) is 2. The fourth-order valence-electron chi connectivity index (χ4n) is 11.2. The first kappa shape index (κ1) is 59.9. The quantitative estimate of drug-likeness (QED) is 0.0465. The number of ether oxygens (including phenoxy) is 1. The van der Waals surface area contributed by atoms with Crippen LogP contribution in [0.4, 0.5) is 21.0 Å². The fourth-order valence-corrected chi connectivity index (χ4v) is 12.0.